The van der Waals surface area contributed by atoms with Crippen LogP contribution in [-0.4, -0.2) is 69.0 Å². The van der Waals surface area contributed by atoms with Crippen LogP contribution in [0.1, 0.15) is 42.5 Å². The van der Waals surface area contributed by atoms with Crippen LogP contribution in [0, 0.1) is 24.2 Å². The molecule has 14 heteroatoms. The predicted octanol–water partition coefficient (Wildman–Crippen LogP) is 4.48. The zero-order valence-corrected chi connectivity index (χ0v) is 26.2. The molecule has 0 saturated heterocycles. The van der Waals surface area contributed by atoms with Crippen molar-refractivity contribution in [3.8, 4) is 28.8 Å². The molecule has 0 bridgehead atoms. The predicted molar refractivity (Wildman–Crippen MR) is 168 cm³/mol. The second-order valence-corrected chi connectivity index (χ2v) is 11.9. The number of nitrogens with one attached hydrogen (secondary N) is 2. The number of nitrogens with zero attached hydrogens (tertiary/aromatic N) is 6. The maximum atomic E-state index is 14.0. The van der Waals surface area contributed by atoms with Crippen molar-refractivity contribution in [1.29, 1.82) is 5.26 Å². The third-order valence-corrected chi connectivity index (χ3v) is 8.27. The molecule has 246 valence electrons. The fourth-order valence-corrected chi connectivity index (χ4v) is 5.94. The number of amides is 2. The first-order valence-corrected chi connectivity index (χ1v) is 15.2. The number of halogens is 3. The average molecular weight is 649 g/mol. The normalized spacial score (nSPS) is 16.6. The minimum atomic E-state index is -4.64. The van der Waals surface area contributed by atoms with Crippen molar-refractivity contribution in [3.63, 3.8) is 0 Å². The van der Waals surface area contributed by atoms with Gasteiger partial charge in [0.15, 0.2) is 0 Å². The molecule has 1 saturated carbocycles. The van der Waals surface area contributed by atoms with Gasteiger partial charge in [0.1, 0.15) is 5.69 Å². The summed E-state index contributed by atoms with van der Waals surface area (Å²) in [4.78, 5) is 41.8. The molecule has 0 atom stereocenters. The van der Waals surface area contributed by atoms with Gasteiger partial charge in [0.25, 0.3) is 0 Å². The summed E-state index contributed by atoms with van der Waals surface area (Å²) < 4.78 is 44.4. The van der Waals surface area contributed by atoms with Crippen molar-refractivity contribution in [2.45, 2.75) is 44.8 Å². The largest absolute Gasteiger partial charge is 0.416 e. The van der Waals surface area contributed by atoms with Gasteiger partial charge in [0, 0.05) is 12.6 Å². The molecule has 1 aliphatic rings. The van der Waals surface area contributed by atoms with Gasteiger partial charge >= 0.3 is 17.9 Å². The zero-order valence-electron chi connectivity index (χ0n) is 26.2. The van der Waals surface area contributed by atoms with Gasteiger partial charge in [-0.15, -0.1) is 0 Å². The van der Waals surface area contributed by atoms with Crippen molar-refractivity contribution in [2.75, 3.05) is 27.2 Å². The van der Waals surface area contributed by atoms with Gasteiger partial charge in [-0.05, 0) is 101 Å². The van der Waals surface area contributed by atoms with Gasteiger partial charge in [-0.3, -0.25) is 9.36 Å². The summed E-state index contributed by atoms with van der Waals surface area (Å²) in [5.74, 6) is 0.191. The van der Waals surface area contributed by atoms with E-state index in [9.17, 15) is 32.8 Å². The molecule has 0 radical (unpaired) electrons. The SMILES string of the molecule is Cc1c(-c2ccnn2-c2ccc(C#N)cc2)n(C(=O)N[C@H]2CC[C@H](CNC(=O)CN(C)C)CC2)c(=O)n1-c1cccc(C(F)(F)F)c1. The van der Waals surface area contributed by atoms with E-state index in [-0.39, 0.29) is 34.9 Å². The minimum Gasteiger partial charge on any atom is -0.355 e. The molecule has 11 nitrogen and oxygen atoms in total. The average Bonchev–Trinajstić information content (AvgIpc) is 3.61. The van der Waals surface area contributed by atoms with Gasteiger partial charge in [-0.1, -0.05) is 6.07 Å². The molecule has 47 heavy (non-hydrogen) atoms. The van der Waals surface area contributed by atoms with E-state index in [1.807, 2.05) is 14.1 Å². The lowest BCUT2D eigenvalue weighted by molar-refractivity contribution is -0.137. The molecule has 4 aromatic rings. The lowest BCUT2D eigenvalue weighted by Gasteiger charge is -2.29. The number of rotatable bonds is 8. The standard InChI is InChI=1S/C33H35F3N8O3/c1-21-30(28-15-16-39-44(28)26-13-9-22(18-37)10-14-26)43(32(47)42(21)27-6-4-5-24(17-27)33(34,35)36)31(46)40-25-11-7-23(8-12-25)19-38-29(45)20-41(2)3/h4-6,9-10,13-17,23,25H,7-8,11-12,19-20H2,1-3H3,(H,38,45)(H,40,46)/t23-,25-. The van der Waals surface area contributed by atoms with Crippen LogP contribution < -0.4 is 16.3 Å². The molecule has 0 unspecified atom stereocenters. The van der Waals surface area contributed by atoms with Crippen LogP contribution in [0.15, 0.2) is 65.6 Å². The molecular weight excluding hydrogens is 613 g/mol. The Bertz CT molecular complexity index is 1860. The number of carbonyl (C=O) groups is 2. The van der Waals surface area contributed by atoms with Crippen LogP contribution >= 0.6 is 0 Å². The van der Waals surface area contributed by atoms with Crippen molar-refractivity contribution >= 4 is 11.9 Å². The van der Waals surface area contributed by atoms with E-state index in [0.717, 1.165) is 34.1 Å². The first kappa shape index (κ1) is 33.2. The van der Waals surface area contributed by atoms with E-state index in [2.05, 4.69) is 21.8 Å². The van der Waals surface area contributed by atoms with Gasteiger partial charge in [-0.25, -0.2) is 18.8 Å². The van der Waals surface area contributed by atoms with Crippen LogP contribution in [-0.2, 0) is 11.0 Å². The summed E-state index contributed by atoms with van der Waals surface area (Å²) in [7, 11) is 3.64. The van der Waals surface area contributed by atoms with E-state index in [0.29, 0.717) is 42.9 Å². The van der Waals surface area contributed by atoms with Crippen molar-refractivity contribution in [1.82, 2.24) is 34.4 Å². The molecule has 2 amide bonds. The Kier molecular flexibility index (Phi) is 9.67. The van der Waals surface area contributed by atoms with Crippen molar-refractivity contribution in [3.05, 3.63) is 88.1 Å². The number of hydrogen-bond donors (Lipinski definition) is 2. The van der Waals surface area contributed by atoms with Crippen LogP contribution in [0.2, 0.25) is 0 Å². The number of benzene rings is 2. The summed E-state index contributed by atoms with van der Waals surface area (Å²) >= 11 is 0. The van der Waals surface area contributed by atoms with Crippen LogP contribution in [0.5, 0.6) is 0 Å². The molecular formula is C33H35F3N8O3. The summed E-state index contributed by atoms with van der Waals surface area (Å²) in [6, 6.07) is 13.6. The highest BCUT2D eigenvalue weighted by molar-refractivity contribution is 5.83. The summed E-state index contributed by atoms with van der Waals surface area (Å²) in [5, 5.41) is 19.5. The Balaban J connectivity index is 1.48. The Morgan fingerprint density at radius 1 is 1.04 bits per heavy atom. The van der Waals surface area contributed by atoms with Gasteiger partial charge in [0.2, 0.25) is 5.91 Å². The van der Waals surface area contributed by atoms with E-state index in [1.165, 1.54) is 23.0 Å². The fourth-order valence-electron chi connectivity index (χ4n) is 5.94. The molecule has 1 aliphatic carbocycles. The number of carbonyl (C=O) groups excluding carboxylic acids is 2. The van der Waals surface area contributed by atoms with Crippen molar-refractivity contribution in [2.24, 2.45) is 5.92 Å². The molecule has 0 spiro atoms. The summed E-state index contributed by atoms with van der Waals surface area (Å²) in [5.41, 5.74) is -0.0988. The number of aromatic nitrogens is 4. The van der Waals surface area contributed by atoms with Gasteiger partial charge in [0.05, 0.1) is 52.7 Å². The molecule has 2 heterocycles. The zero-order chi connectivity index (χ0) is 33.9. The Labute approximate surface area is 269 Å². The number of alkyl halides is 3. The lowest BCUT2D eigenvalue weighted by Crippen LogP contribution is -2.45. The van der Waals surface area contributed by atoms with Gasteiger partial charge in [-0.2, -0.15) is 23.5 Å². The highest BCUT2D eigenvalue weighted by atomic mass is 19.4. The number of likely N-dealkylation sites (N-methyl/N-ethyl adjacent to an activating group) is 1. The van der Waals surface area contributed by atoms with E-state index in [1.54, 1.807) is 42.2 Å². The Morgan fingerprint density at radius 2 is 1.74 bits per heavy atom. The molecule has 2 aromatic carbocycles. The highest BCUT2D eigenvalue weighted by Gasteiger charge is 2.33. The molecule has 2 N–H and O–H groups in total. The third-order valence-electron chi connectivity index (χ3n) is 8.27. The van der Waals surface area contributed by atoms with Crippen LogP contribution in [0.4, 0.5) is 18.0 Å². The smallest absolute Gasteiger partial charge is 0.355 e. The molecule has 0 aliphatic heterocycles. The minimum absolute atomic E-state index is 0.0450. The first-order valence-electron chi connectivity index (χ1n) is 15.2. The van der Waals surface area contributed by atoms with Crippen molar-refractivity contribution < 1.29 is 22.8 Å². The first-order chi connectivity index (χ1) is 22.4. The fraction of sp³-hybridized carbons (Fsp3) is 0.364. The molecule has 2 aromatic heterocycles. The topological polar surface area (TPSA) is 130 Å². The van der Waals surface area contributed by atoms with Crippen LogP contribution in [0.25, 0.3) is 22.8 Å². The number of nitriles is 1. The lowest BCUT2D eigenvalue weighted by atomic mass is 9.86. The summed E-state index contributed by atoms with van der Waals surface area (Å²) in [6.07, 6.45) is -0.394. The van der Waals surface area contributed by atoms with E-state index >= 15 is 0 Å². The number of hydrogen-bond acceptors (Lipinski definition) is 6. The molecule has 1 fully saturated rings. The molecule has 5 rings (SSSR count). The second kappa shape index (κ2) is 13.7. The van der Waals surface area contributed by atoms with E-state index < -0.39 is 23.5 Å². The number of imidazole rings is 1. The Morgan fingerprint density at radius 3 is 2.38 bits per heavy atom. The second-order valence-electron chi connectivity index (χ2n) is 11.9. The highest BCUT2D eigenvalue weighted by Crippen LogP contribution is 2.32. The quantitative estimate of drug-likeness (QED) is 0.290. The maximum absolute atomic E-state index is 14.0. The maximum Gasteiger partial charge on any atom is 0.416 e. The van der Waals surface area contributed by atoms with E-state index in [4.69, 9.17) is 0 Å². The Hall–Kier alpha value is -5.16. The monoisotopic (exact) mass is 648 g/mol. The third kappa shape index (κ3) is 7.30. The van der Waals surface area contributed by atoms with Crippen LogP contribution in [0.3, 0.4) is 0 Å². The van der Waals surface area contributed by atoms with Gasteiger partial charge < -0.3 is 15.5 Å². The summed E-state index contributed by atoms with van der Waals surface area (Å²) in [6.45, 7) is 2.40.